The average molecular weight is 327 g/mol. The van der Waals surface area contributed by atoms with E-state index in [1.807, 2.05) is 41.9 Å². The van der Waals surface area contributed by atoms with Crippen LogP contribution in [0.2, 0.25) is 0 Å². The van der Waals surface area contributed by atoms with Crippen LogP contribution < -0.4 is 4.90 Å². The molecule has 5 heteroatoms. The van der Waals surface area contributed by atoms with Crippen LogP contribution in [0.1, 0.15) is 44.7 Å². The van der Waals surface area contributed by atoms with Gasteiger partial charge >= 0.3 is 6.09 Å². The fraction of sp³-hybridized carbons (Fsp3) is 0.474. The van der Waals surface area contributed by atoms with Crippen molar-refractivity contribution in [3.63, 3.8) is 0 Å². The lowest BCUT2D eigenvalue weighted by molar-refractivity contribution is 0.135. The van der Waals surface area contributed by atoms with Crippen molar-refractivity contribution in [1.82, 2.24) is 9.78 Å². The molecule has 1 aliphatic heterocycles. The van der Waals surface area contributed by atoms with Gasteiger partial charge in [0.25, 0.3) is 0 Å². The van der Waals surface area contributed by atoms with Crippen LogP contribution in [0.4, 0.5) is 10.5 Å². The number of aromatic nitrogens is 2. The number of nitrogens with zero attached hydrogens (tertiary/aromatic N) is 3. The van der Waals surface area contributed by atoms with Gasteiger partial charge in [-0.25, -0.2) is 9.48 Å². The van der Waals surface area contributed by atoms with Crippen LogP contribution in [0.3, 0.4) is 0 Å². The molecule has 1 atom stereocenters. The Hall–Kier alpha value is -2.30. The summed E-state index contributed by atoms with van der Waals surface area (Å²) in [5.74, 6) is 0. The normalized spacial score (nSPS) is 17.3. The van der Waals surface area contributed by atoms with Gasteiger partial charge in [0, 0.05) is 0 Å². The Labute approximate surface area is 143 Å². The van der Waals surface area contributed by atoms with E-state index in [4.69, 9.17) is 4.74 Å². The number of carbonyl (C=O) groups is 1. The Balaban J connectivity index is 1.69. The Morgan fingerprint density at radius 1 is 1.21 bits per heavy atom. The summed E-state index contributed by atoms with van der Waals surface area (Å²) in [6.07, 6.45) is 7.20. The predicted octanol–water partition coefficient (Wildman–Crippen LogP) is 4.48. The number of ether oxygens (including phenoxy) is 1. The highest BCUT2D eigenvalue weighted by Crippen LogP contribution is 2.28. The van der Waals surface area contributed by atoms with E-state index in [1.54, 1.807) is 11.1 Å². The second-order valence-corrected chi connectivity index (χ2v) is 6.33. The van der Waals surface area contributed by atoms with Crippen molar-refractivity contribution < 1.29 is 9.53 Å². The van der Waals surface area contributed by atoms with Gasteiger partial charge in [0.05, 0.1) is 29.8 Å². The predicted molar refractivity (Wildman–Crippen MR) is 94.7 cm³/mol. The molecule has 0 N–H and O–H groups in total. The second kappa shape index (κ2) is 7.51. The maximum absolute atomic E-state index is 12.2. The third kappa shape index (κ3) is 3.45. The number of rotatable bonds is 7. The number of benzene rings is 1. The lowest BCUT2D eigenvalue weighted by Crippen LogP contribution is -2.25. The molecule has 24 heavy (non-hydrogen) atoms. The van der Waals surface area contributed by atoms with E-state index >= 15 is 0 Å². The van der Waals surface area contributed by atoms with Gasteiger partial charge in [0.1, 0.15) is 6.10 Å². The van der Waals surface area contributed by atoms with Crippen molar-refractivity contribution in [2.24, 2.45) is 0 Å². The fourth-order valence-electron chi connectivity index (χ4n) is 3.16. The molecule has 1 aliphatic rings. The zero-order valence-electron chi connectivity index (χ0n) is 14.4. The smallest absolute Gasteiger partial charge is 0.414 e. The molecule has 1 fully saturated rings. The Morgan fingerprint density at radius 3 is 2.75 bits per heavy atom. The minimum Gasteiger partial charge on any atom is -0.444 e. The van der Waals surface area contributed by atoms with E-state index in [0.29, 0.717) is 6.54 Å². The molecule has 1 unspecified atom stereocenters. The maximum atomic E-state index is 12.2. The molecule has 1 saturated heterocycles. The molecular weight excluding hydrogens is 302 g/mol. The summed E-state index contributed by atoms with van der Waals surface area (Å²) in [5, 5.41) is 4.44. The van der Waals surface area contributed by atoms with E-state index in [0.717, 1.165) is 29.9 Å². The maximum Gasteiger partial charge on any atom is 0.414 e. The molecular formula is C19H25N3O2. The average Bonchev–Trinajstić information content (AvgIpc) is 3.15. The number of cyclic esters (lactones) is 1. The summed E-state index contributed by atoms with van der Waals surface area (Å²) in [6.45, 7) is 4.80. The minimum atomic E-state index is -0.258. The number of carbonyl (C=O) groups excluding carboxylic acids is 1. The van der Waals surface area contributed by atoms with Crippen LogP contribution in [0, 0.1) is 6.92 Å². The second-order valence-electron chi connectivity index (χ2n) is 6.33. The number of unbranched alkanes of at least 4 members (excludes halogenated alkanes) is 3. The summed E-state index contributed by atoms with van der Waals surface area (Å²) >= 11 is 0. The molecule has 0 saturated carbocycles. The van der Waals surface area contributed by atoms with Gasteiger partial charge in [-0.2, -0.15) is 5.10 Å². The third-order valence-electron chi connectivity index (χ3n) is 4.53. The lowest BCUT2D eigenvalue weighted by Gasteiger charge is -2.12. The molecule has 5 nitrogen and oxygen atoms in total. The monoisotopic (exact) mass is 327 g/mol. The van der Waals surface area contributed by atoms with Crippen LogP contribution in [0.25, 0.3) is 5.69 Å². The number of hydrogen-bond donors (Lipinski definition) is 0. The Morgan fingerprint density at radius 2 is 2.00 bits per heavy atom. The van der Waals surface area contributed by atoms with Gasteiger partial charge in [0.2, 0.25) is 0 Å². The number of amides is 1. The van der Waals surface area contributed by atoms with Gasteiger partial charge in [-0.3, -0.25) is 4.90 Å². The highest BCUT2D eigenvalue weighted by atomic mass is 16.6. The summed E-state index contributed by atoms with van der Waals surface area (Å²) < 4.78 is 7.39. The molecule has 0 spiro atoms. The lowest BCUT2D eigenvalue weighted by atomic mass is 10.1. The third-order valence-corrected chi connectivity index (χ3v) is 4.53. The number of para-hydroxylation sites is 1. The molecule has 0 bridgehead atoms. The van der Waals surface area contributed by atoms with Crippen molar-refractivity contribution in [2.75, 3.05) is 11.4 Å². The fourth-order valence-corrected chi connectivity index (χ4v) is 3.16. The molecule has 0 radical (unpaired) electrons. The van der Waals surface area contributed by atoms with E-state index in [9.17, 15) is 4.79 Å². The van der Waals surface area contributed by atoms with Crippen LogP contribution in [0.5, 0.6) is 0 Å². The SMILES string of the molecule is CCCCCCC1CN(c2cnn(-c3ccccc3)c2C)C(=O)O1. The zero-order valence-corrected chi connectivity index (χ0v) is 14.4. The van der Waals surface area contributed by atoms with Crippen molar-refractivity contribution in [3.8, 4) is 5.69 Å². The first-order chi connectivity index (χ1) is 11.7. The quantitative estimate of drug-likeness (QED) is 0.705. The van der Waals surface area contributed by atoms with Crippen molar-refractivity contribution in [1.29, 1.82) is 0 Å². The van der Waals surface area contributed by atoms with E-state index in [1.165, 1.54) is 19.3 Å². The topological polar surface area (TPSA) is 47.4 Å². The van der Waals surface area contributed by atoms with Crippen LogP contribution in [-0.4, -0.2) is 28.5 Å². The summed E-state index contributed by atoms with van der Waals surface area (Å²) in [5.41, 5.74) is 2.77. The molecule has 1 aromatic heterocycles. The minimum absolute atomic E-state index is 0.00571. The van der Waals surface area contributed by atoms with Crippen LogP contribution >= 0.6 is 0 Å². The van der Waals surface area contributed by atoms with E-state index in [-0.39, 0.29) is 12.2 Å². The van der Waals surface area contributed by atoms with E-state index in [2.05, 4.69) is 12.0 Å². The Kier molecular flexibility index (Phi) is 5.18. The van der Waals surface area contributed by atoms with Crippen molar-refractivity contribution in [3.05, 3.63) is 42.2 Å². The Bertz CT molecular complexity index is 681. The molecule has 128 valence electrons. The number of anilines is 1. The highest BCUT2D eigenvalue weighted by molar-refractivity contribution is 5.90. The van der Waals surface area contributed by atoms with Crippen molar-refractivity contribution in [2.45, 2.75) is 52.1 Å². The molecule has 1 aromatic carbocycles. The largest absolute Gasteiger partial charge is 0.444 e. The van der Waals surface area contributed by atoms with Gasteiger partial charge in [-0.15, -0.1) is 0 Å². The van der Waals surface area contributed by atoms with E-state index < -0.39 is 0 Å². The zero-order chi connectivity index (χ0) is 16.9. The summed E-state index contributed by atoms with van der Waals surface area (Å²) in [4.78, 5) is 14.0. The first-order valence-electron chi connectivity index (χ1n) is 8.79. The molecule has 2 aromatic rings. The summed E-state index contributed by atoms with van der Waals surface area (Å²) in [7, 11) is 0. The van der Waals surface area contributed by atoms with Gasteiger partial charge < -0.3 is 4.74 Å². The van der Waals surface area contributed by atoms with Crippen LogP contribution in [-0.2, 0) is 4.74 Å². The molecule has 1 amide bonds. The molecule has 0 aliphatic carbocycles. The van der Waals surface area contributed by atoms with Gasteiger partial charge in [-0.05, 0) is 31.9 Å². The number of hydrogen-bond acceptors (Lipinski definition) is 3. The van der Waals surface area contributed by atoms with Gasteiger partial charge in [-0.1, -0.05) is 44.4 Å². The standard InChI is InChI=1S/C19H25N3O2/c1-3-4-5-9-12-17-14-21(19(23)24-17)18-13-20-22(15(18)2)16-10-7-6-8-11-16/h6-8,10-11,13,17H,3-5,9,12,14H2,1-2H3. The van der Waals surface area contributed by atoms with Crippen LogP contribution in [0.15, 0.2) is 36.5 Å². The highest BCUT2D eigenvalue weighted by Gasteiger charge is 2.33. The van der Waals surface area contributed by atoms with Gasteiger partial charge in [0.15, 0.2) is 0 Å². The van der Waals surface area contributed by atoms with Crippen molar-refractivity contribution >= 4 is 11.8 Å². The first kappa shape index (κ1) is 16.6. The first-order valence-corrected chi connectivity index (χ1v) is 8.79. The molecule has 3 rings (SSSR count). The summed E-state index contributed by atoms with van der Waals surface area (Å²) in [6, 6.07) is 9.94. The molecule has 2 heterocycles.